The predicted molar refractivity (Wildman–Crippen MR) is 72.5 cm³/mol. The molecule has 1 aromatic heterocycles. The molecular formula is C12H18N2O5S. The van der Waals surface area contributed by atoms with Gasteiger partial charge in [0.1, 0.15) is 18.3 Å². The van der Waals surface area contributed by atoms with E-state index in [4.69, 9.17) is 9.84 Å². The minimum Gasteiger partial charge on any atom is -0.394 e. The molecule has 0 saturated carbocycles. The highest BCUT2D eigenvalue weighted by Gasteiger charge is 2.43. The van der Waals surface area contributed by atoms with Crippen LogP contribution in [0.1, 0.15) is 19.6 Å². The van der Waals surface area contributed by atoms with Crippen molar-refractivity contribution in [3.05, 3.63) is 22.6 Å². The van der Waals surface area contributed by atoms with Gasteiger partial charge in [-0.15, -0.1) is 0 Å². The second-order valence-corrected chi connectivity index (χ2v) is 5.60. The summed E-state index contributed by atoms with van der Waals surface area (Å²) >= 11 is 1.38. The molecule has 3 N–H and O–H groups in total. The monoisotopic (exact) mass is 302 g/mol. The Labute approximate surface area is 120 Å². The van der Waals surface area contributed by atoms with Crippen molar-refractivity contribution in [1.82, 2.24) is 9.55 Å². The molecule has 7 nitrogen and oxygen atoms in total. The summed E-state index contributed by atoms with van der Waals surface area (Å²) in [6.07, 6.45) is -1.68. The third-order valence-corrected chi connectivity index (χ3v) is 4.20. The van der Waals surface area contributed by atoms with E-state index in [2.05, 4.69) is 4.98 Å². The van der Waals surface area contributed by atoms with E-state index in [0.717, 1.165) is 12.2 Å². The molecule has 1 aliphatic rings. The van der Waals surface area contributed by atoms with E-state index < -0.39 is 24.5 Å². The van der Waals surface area contributed by atoms with Gasteiger partial charge < -0.3 is 20.1 Å². The fraction of sp³-hybridized carbons (Fsp3) is 0.667. The summed E-state index contributed by atoms with van der Waals surface area (Å²) in [6, 6.07) is 1.27. The van der Waals surface area contributed by atoms with Crippen LogP contribution in [0, 0.1) is 0 Å². The fourth-order valence-electron chi connectivity index (χ4n) is 2.00. The Kier molecular flexibility index (Phi) is 5.17. The van der Waals surface area contributed by atoms with E-state index in [1.807, 2.05) is 6.92 Å². The largest absolute Gasteiger partial charge is 0.394 e. The Bertz CT molecular complexity index is 509. The van der Waals surface area contributed by atoms with Crippen LogP contribution in [0.25, 0.3) is 0 Å². The zero-order valence-corrected chi connectivity index (χ0v) is 11.9. The van der Waals surface area contributed by atoms with Crippen LogP contribution in [0.5, 0.6) is 0 Å². The second kappa shape index (κ2) is 6.68. The second-order valence-electron chi connectivity index (χ2n) is 4.53. The van der Waals surface area contributed by atoms with Crippen molar-refractivity contribution in [3.63, 3.8) is 0 Å². The van der Waals surface area contributed by atoms with Crippen LogP contribution >= 0.6 is 11.8 Å². The maximum atomic E-state index is 11.4. The lowest BCUT2D eigenvalue weighted by Crippen LogP contribution is -2.33. The molecule has 8 heteroatoms. The first-order valence-electron chi connectivity index (χ1n) is 6.43. The molecule has 4 atom stereocenters. The number of nitrogens with zero attached hydrogens (tertiary/aromatic N) is 2. The molecule has 0 bridgehead atoms. The molecule has 0 aliphatic carbocycles. The summed E-state index contributed by atoms with van der Waals surface area (Å²) in [5.41, 5.74) is -0.369. The van der Waals surface area contributed by atoms with E-state index in [-0.39, 0.29) is 12.2 Å². The standard InChI is InChI=1S/C12H18N2O5S/c1-2-5-20-12-13-8(16)3-4-14(12)11-10(18)9(17)7(6-15)19-11/h3-4,7,9-11,15,17-18H,2,5-6H2,1H3/t7-,9-,10-,11-/m1/s1. The van der Waals surface area contributed by atoms with Crippen molar-refractivity contribution in [2.45, 2.75) is 43.0 Å². The van der Waals surface area contributed by atoms with Gasteiger partial charge in [0, 0.05) is 18.0 Å². The van der Waals surface area contributed by atoms with Crippen molar-refractivity contribution in [2.75, 3.05) is 12.4 Å². The van der Waals surface area contributed by atoms with E-state index in [0.29, 0.717) is 5.16 Å². The number of hydrogen-bond acceptors (Lipinski definition) is 7. The molecule has 0 aromatic carbocycles. The Morgan fingerprint density at radius 2 is 2.20 bits per heavy atom. The zero-order chi connectivity index (χ0) is 14.7. The lowest BCUT2D eigenvalue weighted by atomic mass is 10.1. The van der Waals surface area contributed by atoms with Gasteiger partial charge in [-0.3, -0.25) is 9.36 Å². The highest BCUT2D eigenvalue weighted by Crippen LogP contribution is 2.31. The lowest BCUT2D eigenvalue weighted by Gasteiger charge is -2.20. The normalized spacial score (nSPS) is 29.8. The van der Waals surface area contributed by atoms with Crippen LogP contribution < -0.4 is 5.56 Å². The Hall–Kier alpha value is -0.930. The molecule has 0 radical (unpaired) electrons. The first kappa shape index (κ1) is 15.5. The van der Waals surface area contributed by atoms with Crippen LogP contribution in [0.4, 0.5) is 0 Å². The maximum absolute atomic E-state index is 11.4. The average Bonchev–Trinajstić information content (AvgIpc) is 2.73. The van der Waals surface area contributed by atoms with Gasteiger partial charge in [-0.25, -0.2) is 0 Å². The van der Waals surface area contributed by atoms with E-state index in [9.17, 15) is 15.0 Å². The van der Waals surface area contributed by atoms with Crippen LogP contribution in [-0.2, 0) is 4.74 Å². The highest BCUT2D eigenvalue weighted by atomic mass is 32.2. The van der Waals surface area contributed by atoms with Gasteiger partial charge in [0.05, 0.1) is 6.61 Å². The smallest absolute Gasteiger partial charge is 0.273 e. The molecule has 112 valence electrons. The van der Waals surface area contributed by atoms with Crippen molar-refractivity contribution in [2.24, 2.45) is 0 Å². The third kappa shape index (κ3) is 3.04. The lowest BCUT2D eigenvalue weighted by molar-refractivity contribution is -0.0577. The third-order valence-electron chi connectivity index (χ3n) is 3.03. The van der Waals surface area contributed by atoms with Crippen molar-refractivity contribution < 1.29 is 20.1 Å². The molecule has 20 heavy (non-hydrogen) atoms. The van der Waals surface area contributed by atoms with Gasteiger partial charge in [0.15, 0.2) is 11.4 Å². The summed E-state index contributed by atoms with van der Waals surface area (Å²) in [5, 5.41) is 29.3. The number of aromatic nitrogens is 2. The van der Waals surface area contributed by atoms with Crippen molar-refractivity contribution in [1.29, 1.82) is 0 Å². The maximum Gasteiger partial charge on any atom is 0.273 e. The SMILES string of the molecule is CCCSc1nc(=O)ccn1[C@@H]1O[C@H](CO)[C@@H](O)[C@H]1O. The molecule has 0 spiro atoms. The molecule has 1 aliphatic heterocycles. The van der Waals surface area contributed by atoms with E-state index in [1.165, 1.54) is 28.6 Å². The number of thioether (sulfide) groups is 1. The molecule has 1 fully saturated rings. The van der Waals surface area contributed by atoms with Gasteiger partial charge in [0.2, 0.25) is 0 Å². The van der Waals surface area contributed by atoms with Crippen LogP contribution in [0.15, 0.2) is 22.2 Å². The van der Waals surface area contributed by atoms with E-state index >= 15 is 0 Å². The zero-order valence-electron chi connectivity index (χ0n) is 11.0. The summed E-state index contributed by atoms with van der Waals surface area (Å²) in [5.74, 6) is 0.769. The summed E-state index contributed by atoms with van der Waals surface area (Å²) in [6.45, 7) is 1.62. The van der Waals surface area contributed by atoms with Crippen molar-refractivity contribution in [3.8, 4) is 0 Å². The number of ether oxygens (including phenoxy) is 1. The first-order valence-corrected chi connectivity index (χ1v) is 7.41. The van der Waals surface area contributed by atoms with Crippen LogP contribution in [0.3, 0.4) is 0 Å². The number of rotatable bonds is 5. The van der Waals surface area contributed by atoms with Gasteiger partial charge in [-0.2, -0.15) is 4.98 Å². The highest BCUT2D eigenvalue weighted by molar-refractivity contribution is 7.99. The number of hydrogen-bond donors (Lipinski definition) is 3. The summed E-state index contributed by atoms with van der Waals surface area (Å²) < 4.78 is 6.96. The molecular weight excluding hydrogens is 284 g/mol. The quantitative estimate of drug-likeness (QED) is 0.490. The molecule has 1 saturated heterocycles. The minimum atomic E-state index is -1.18. The fourth-order valence-corrected chi connectivity index (χ4v) is 2.86. The van der Waals surface area contributed by atoms with Crippen LogP contribution in [-0.4, -0.2) is 55.5 Å². The number of aliphatic hydroxyl groups excluding tert-OH is 3. The van der Waals surface area contributed by atoms with Crippen LogP contribution in [0.2, 0.25) is 0 Å². The molecule has 2 heterocycles. The van der Waals surface area contributed by atoms with Gasteiger partial charge in [0.25, 0.3) is 5.56 Å². The van der Waals surface area contributed by atoms with Gasteiger partial charge in [-0.05, 0) is 6.42 Å². The summed E-state index contributed by atoms with van der Waals surface area (Å²) in [4.78, 5) is 15.3. The van der Waals surface area contributed by atoms with Crippen molar-refractivity contribution >= 4 is 11.8 Å². The minimum absolute atomic E-state index is 0.369. The molecule has 0 unspecified atom stereocenters. The number of aliphatic hydroxyl groups is 3. The topological polar surface area (TPSA) is 105 Å². The van der Waals surface area contributed by atoms with Gasteiger partial charge in [-0.1, -0.05) is 18.7 Å². The molecule has 2 rings (SSSR count). The Morgan fingerprint density at radius 1 is 1.45 bits per heavy atom. The Morgan fingerprint density at radius 3 is 2.80 bits per heavy atom. The average molecular weight is 302 g/mol. The predicted octanol–water partition coefficient (Wildman–Crippen LogP) is -0.643. The summed E-state index contributed by atoms with van der Waals surface area (Å²) in [7, 11) is 0. The van der Waals surface area contributed by atoms with Gasteiger partial charge >= 0.3 is 0 Å². The Balaban J connectivity index is 2.30. The first-order chi connectivity index (χ1) is 9.58. The molecule has 0 amide bonds. The van der Waals surface area contributed by atoms with E-state index in [1.54, 1.807) is 0 Å². The molecule has 1 aromatic rings.